The van der Waals surface area contributed by atoms with Crippen LogP contribution in [0.15, 0.2) is 54.6 Å². The molecule has 26 heavy (non-hydrogen) atoms. The van der Waals surface area contributed by atoms with Gasteiger partial charge in [0.05, 0.1) is 16.7 Å². The van der Waals surface area contributed by atoms with Crippen molar-refractivity contribution in [2.24, 2.45) is 5.73 Å². The Morgan fingerprint density at radius 3 is 2.58 bits per heavy atom. The second-order valence-electron chi connectivity index (χ2n) is 6.21. The molecule has 0 radical (unpaired) electrons. The van der Waals surface area contributed by atoms with Crippen LogP contribution in [-0.4, -0.2) is 27.0 Å². The molecule has 0 saturated heterocycles. The van der Waals surface area contributed by atoms with Crippen LogP contribution in [0.5, 0.6) is 0 Å². The molecule has 0 atom stereocenters. The number of aryl methyl sites for hydroxylation is 1. The standard InChI is InChI=1S/C20H20N6/c1-13-17-18(15-9-5-6-10-16(15)24-13)26(12-11-23-20(21)22)19(25-17)14-7-3-2-4-8-14/h2-10H,11-12H2,1H3,(H4,21,22,23). The zero-order valence-corrected chi connectivity index (χ0v) is 14.5. The van der Waals surface area contributed by atoms with Crippen molar-refractivity contribution in [2.45, 2.75) is 13.5 Å². The molecule has 2 aromatic carbocycles. The van der Waals surface area contributed by atoms with E-state index in [-0.39, 0.29) is 5.96 Å². The lowest BCUT2D eigenvalue weighted by atomic mass is 10.1. The molecule has 2 aromatic heterocycles. The van der Waals surface area contributed by atoms with E-state index in [1.807, 2.05) is 43.3 Å². The topological polar surface area (TPSA) is 92.6 Å². The molecule has 0 saturated carbocycles. The summed E-state index contributed by atoms with van der Waals surface area (Å²) in [4.78, 5) is 9.63. The SMILES string of the molecule is Cc1nc2ccccc2c2c1nc(-c1ccccc1)n2CCNC(=N)N. The number of nitrogens with zero attached hydrogens (tertiary/aromatic N) is 3. The van der Waals surface area contributed by atoms with Gasteiger partial charge in [0.2, 0.25) is 0 Å². The van der Waals surface area contributed by atoms with Crippen molar-refractivity contribution in [1.29, 1.82) is 5.41 Å². The fraction of sp³-hybridized carbons (Fsp3) is 0.150. The van der Waals surface area contributed by atoms with E-state index in [4.69, 9.17) is 21.1 Å². The van der Waals surface area contributed by atoms with Crippen LogP contribution in [-0.2, 0) is 6.54 Å². The number of para-hydroxylation sites is 1. The number of nitrogens with two attached hydrogens (primary N) is 1. The van der Waals surface area contributed by atoms with Gasteiger partial charge in [-0.25, -0.2) is 4.98 Å². The van der Waals surface area contributed by atoms with E-state index in [9.17, 15) is 0 Å². The average molecular weight is 344 g/mol. The molecule has 6 nitrogen and oxygen atoms in total. The number of rotatable bonds is 4. The van der Waals surface area contributed by atoms with Crippen molar-refractivity contribution in [3.63, 3.8) is 0 Å². The Labute approximate surface area is 151 Å². The highest BCUT2D eigenvalue weighted by molar-refractivity contribution is 6.04. The summed E-state index contributed by atoms with van der Waals surface area (Å²) in [6.07, 6.45) is 0. The monoisotopic (exact) mass is 344 g/mol. The molecule has 0 fully saturated rings. The first kappa shape index (κ1) is 16.1. The Bertz CT molecular complexity index is 1100. The van der Waals surface area contributed by atoms with Crippen LogP contribution >= 0.6 is 0 Å². The number of guanidine groups is 1. The quantitative estimate of drug-likeness (QED) is 0.392. The number of hydrogen-bond donors (Lipinski definition) is 3. The first-order valence-corrected chi connectivity index (χ1v) is 8.54. The van der Waals surface area contributed by atoms with Crippen molar-refractivity contribution < 1.29 is 0 Å². The fourth-order valence-corrected chi connectivity index (χ4v) is 3.31. The van der Waals surface area contributed by atoms with Crippen LogP contribution in [0.4, 0.5) is 0 Å². The van der Waals surface area contributed by atoms with E-state index in [2.05, 4.69) is 28.1 Å². The molecule has 0 bridgehead atoms. The van der Waals surface area contributed by atoms with E-state index in [1.54, 1.807) is 0 Å². The van der Waals surface area contributed by atoms with Crippen molar-refractivity contribution in [3.8, 4) is 11.4 Å². The maximum atomic E-state index is 7.40. The molecule has 4 N–H and O–H groups in total. The number of benzene rings is 2. The molecule has 2 heterocycles. The van der Waals surface area contributed by atoms with Crippen LogP contribution in [0.25, 0.3) is 33.3 Å². The molecule has 0 unspecified atom stereocenters. The maximum Gasteiger partial charge on any atom is 0.185 e. The smallest absolute Gasteiger partial charge is 0.185 e. The maximum absolute atomic E-state index is 7.40. The Hall–Kier alpha value is -3.41. The molecule has 4 aromatic rings. The van der Waals surface area contributed by atoms with E-state index < -0.39 is 0 Å². The van der Waals surface area contributed by atoms with Gasteiger partial charge in [0.25, 0.3) is 0 Å². The lowest BCUT2D eigenvalue weighted by Crippen LogP contribution is -2.32. The van der Waals surface area contributed by atoms with Crippen LogP contribution in [0, 0.1) is 12.3 Å². The molecule has 4 rings (SSSR count). The van der Waals surface area contributed by atoms with Crippen LogP contribution < -0.4 is 11.1 Å². The van der Waals surface area contributed by atoms with Gasteiger partial charge < -0.3 is 15.6 Å². The molecule has 130 valence electrons. The molecule has 0 aliphatic rings. The molecule has 0 aliphatic heterocycles. The van der Waals surface area contributed by atoms with Crippen LogP contribution in [0.1, 0.15) is 5.69 Å². The number of aromatic nitrogens is 3. The summed E-state index contributed by atoms with van der Waals surface area (Å²) in [6.45, 7) is 3.19. The second kappa shape index (κ2) is 6.48. The summed E-state index contributed by atoms with van der Waals surface area (Å²) >= 11 is 0. The highest BCUT2D eigenvalue weighted by Crippen LogP contribution is 2.31. The summed E-state index contributed by atoms with van der Waals surface area (Å²) in [5.41, 5.74) is 10.3. The Balaban J connectivity index is 1.99. The van der Waals surface area contributed by atoms with E-state index in [1.165, 1.54) is 0 Å². The van der Waals surface area contributed by atoms with Gasteiger partial charge in [-0.1, -0.05) is 48.5 Å². The summed E-state index contributed by atoms with van der Waals surface area (Å²) in [5, 5.41) is 11.4. The predicted octanol–water partition coefficient (Wildman–Crippen LogP) is 3.04. The third kappa shape index (κ3) is 2.75. The Morgan fingerprint density at radius 1 is 1.08 bits per heavy atom. The summed E-state index contributed by atoms with van der Waals surface area (Å²) in [7, 11) is 0. The molecule has 6 heteroatoms. The second-order valence-corrected chi connectivity index (χ2v) is 6.21. The molecular weight excluding hydrogens is 324 g/mol. The number of nitrogens with one attached hydrogen (secondary N) is 2. The van der Waals surface area contributed by atoms with E-state index >= 15 is 0 Å². The Morgan fingerprint density at radius 2 is 1.81 bits per heavy atom. The minimum absolute atomic E-state index is 0.0293. The zero-order valence-electron chi connectivity index (χ0n) is 14.5. The van der Waals surface area contributed by atoms with Crippen molar-refractivity contribution in [3.05, 3.63) is 60.3 Å². The number of hydrogen-bond acceptors (Lipinski definition) is 3. The van der Waals surface area contributed by atoms with Gasteiger partial charge in [-0.15, -0.1) is 0 Å². The first-order chi connectivity index (χ1) is 12.6. The zero-order chi connectivity index (χ0) is 18.1. The first-order valence-electron chi connectivity index (χ1n) is 8.54. The number of fused-ring (bicyclic) bond motifs is 3. The van der Waals surface area contributed by atoms with E-state index in [0.717, 1.165) is 39.0 Å². The van der Waals surface area contributed by atoms with Gasteiger partial charge in [0, 0.05) is 24.0 Å². The highest BCUT2D eigenvalue weighted by Gasteiger charge is 2.17. The van der Waals surface area contributed by atoms with Crippen LogP contribution in [0.3, 0.4) is 0 Å². The molecule has 0 aliphatic carbocycles. The summed E-state index contributed by atoms with van der Waals surface area (Å²) in [6, 6.07) is 18.2. The minimum Gasteiger partial charge on any atom is -0.370 e. The van der Waals surface area contributed by atoms with Crippen molar-refractivity contribution >= 4 is 27.9 Å². The van der Waals surface area contributed by atoms with Crippen LogP contribution in [0.2, 0.25) is 0 Å². The minimum atomic E-state index is -0.0293. The predicted molar refractivity (Wildman–Crippen MR) is 105 cm³/mol. The van der Waals surface area contributed by atoms with Gasteiger partial charge in [-0.2, -0.15) is 0 Å². The van der Waals surface area contributed by atoms with Crippen molar-refractivity contribution in [1.82, 2.24) is 19.9 Å². The third-order valence-electron chi connectivity index (χ3n) is 4.44. The third-order valence-corrected chi connectivity index (χ3v) is 4.44. The summed E-state index contributed by atoms with van der Waals surface area (Å²) < 4.78 is 2.19. The molecular formula is C20H20N6. The van der Waals surface area contributed by atoms with Gasteiger partial charge in [-0.3, -0.25) is 10.4 Å². The normalized spacial score (nSPS) is 11.1. The van der Waals surface area contributed by atoms with Crippen molar-refractivity contribution in [2.75, 3.05) is 6.54 Å². The Kier molecular flexibility index (Phi) is 4.01. The largest absolute Gasteiger partial charge is 0.370 e. The van der Waals surface area contributed by atoms with Gasteiger partial charge in [0.1, 0.15) is 11.3 Å². The van der Waals surface area contributed by atoms with Gasteiger partial charge >= 0.3 is 0 Å². The number of imidazole rings is 1. The van der Waals surface area contributed by atoms with Gasteiger partial charge in [-0.05, 0) is 13.0 Å². The number of pyridine rings is 1. The van der Waals surface area contributed by atoms with Gasteiger partial charge in [0.15, 0.2) is 5.96 Å². The fourth-order valence-electron chi connectivity index (χ4n) is 3.31. The lowest BCUT2D eigenvalue weighted by Gasteiger charge is -2.12. The highest BCUT2D eigenvalue weighted by atomic mass is 15.1. The summed E-state index contributed by atoms with van der Waals surface area (Å²) in [5.74, 6) is 0.866. The lowest BCUT2D eigenvalue weighted by molar-refractivity contribution is 0.694. The van der Waals surface area contributed by atoms with E-state index in [0.29, 0.717) is 13.1 Å². The molecule has 0 spiro atoms. The molecule has 0 amide bonds. The average Bonchev–Trinajstić information content (AvgIpc) is 3.03.